The van der Waals surface area contributed by atoms with Crippen molar-refractivity contribution in [3.05, 3.63) is 34.9 Å². The van der Waals surface area contributed by atoms with Crippen LogP contribution in [0.15, 0.2) is 18.2 Å². The molecular weight excluding hydrogens is 371 g/mol. The predicted octanol–water partition coefficient (Wildman–Crippen LogP) is 2.94. The lowest BCUT2D eigenvalue weighted by Gasteiger charge is -2.39. The molecular formula is C20H32Cl2N2O2. The Hall–Kier alpha value is -0.650. The van der Waals surface area contributed by atoms with Crippen LogP contribution in [0.2, 0.25) is 0 Å². The van der Waals surface area contributed by atoms with Crippen LogP contribution < -0.4 is 5.32 Å². The van der Waals surface area contributed by atoms with Gasteiger partial charge in [0.1, 0.15) is 6.29 Å². The summed E-state index contributed by atoms with van der Waals surface area (Å²) in [7, 11) is 0. The first kappa shape index (κ1) is 23.4. The molecule has 0 saturated carbocycles. The number of aliphatic hydroxyl groups excluding tert-OH is 1. The number of hydrogen-bond acceptors (Lipinski definition) is 4. The highest BCUT2D eigenvalue weighted by Gasteiger charge is 2.30. The Labute approximate surface area is 169 Å². The summed E-state index contributed by atoms with van der Waals surface area (Å²) in [5.41, 5.74) is 4.34. The number of rotatable bonds is 6. The van der Waals surface area contributed by atoms with Crippen molar-refractivity contribution in [1.82, 2.24) is 10.2 Å². The zero-order valence-electron chi connectivity index (χ0n) is 15.4. The van der Waals surface area contributed by atoms with Gasteiger partial charge < -0.3 is 20.1 Å². The van der Waals surface area contributed by atoms with Crippen LogP contribution in [0.4, 0.5) is 0 Å². The van der Waals surface area contributed by atoms with Crippen molar-refractivity contribution in [2.24, 2.45) is 5.92 Å². The first-order valence-electron chi connectivity index (χ1n) is 9.41. The number of piperidine rings is 1. The van der Waals surface area contributed by atoms with Crippen molar-refractivity contribution in [2.75, 3.05) is 32.8 Å². The topological polar surface area (TPSA) is 52.6 Å². The Morgan fingerprint density at radius 1 is 1.27 bits per heavy atom. The monoisotopic (exact) mass is 402 g/mol. The fourth-order valence-corrected chi connectivity index (χ4v) is 4.33. The second-order valence-electron chi connectivity index (χ2n) is 7.23. The van der Waals surface area contributed by atoms with Crippen LogP contribution in [0.1, 0.15) is 48.3 Å². The van der Waals surface area contributed by atoms with Crippen molar-refractivity contribution in [3.8, 4) is 0 Å². The number of aryl methyl sites for hydroxylation is 1. The maximum Gasteiger partial charge on any atom is 0.120 e. The Bertz CT molecular complexity index is 557. The molecule has 0 aliphatic carbocycles. The Kier molecular flexibility index (Phi) is 10.7. The first-order chi connectivity index (χ1) is 11.8. The maximum absolute atomic E-state index is 10.8. The lowest BCUT2D eigenvalue weighted by Crippen LogP contribution is -2.40. The highest BCUT2D eigenvalue weighted by Crippen LogP contribution is 2.36. The normalized spacial score (nSPS) is 23.1. The Morgan fingerprint density at radius 3 is 2.88 bits per heavy atom. The van der Waals surface area contributed by atoms with E-state index in [2.05, 4.69) is 28.4 Å². The molecule has 0 spiro atoms. The SMILES string of the molecule is Cl.Cl.O=CCCC1CCN(CCO)CC1c1ccc2c(c1)CNCCC2. The molecule has 0 amide bonds. The molecule has 2 aliphatic heterocycles. The van der Waals surface area contributed by atoms with E-state index in [1.807, 2.05) is 0 Å². The number of β-amino-alcohol motifs (C(OH)–C–C–N with tert-alkyl or cyclic N) is 1. The van der Waals surface area contributed by atoms with Gasteiger partial charge in [0.25, 0.3) is 0 Å². The van der Waals surface area contributed by atoms with E-state index < -0.39 is 0 Å². The van der Waals surface area contributed by atoms with E-state index >= 15 is 0 Å². The van der Waals surface area contributed by atoms with E-state index in [0.29, 0.717) is 18.3 Å². The van der Waals surface area contributed by atoms with Gasteiger partial charge in [-0.05, 0) is 67.3 Å². The summed E-state index contributed by atoms with van der Waals surface area (Å²) in [6, 6.07) is 7.03. The fraction of sp³-hybridized carbons (Fsp3) is 0.650. The van der Waals surface area contributed by atoms with Crippen molar-refractivity contribution in [3.63, 3.8) is 0 Å². The Balaban J connectivity index is 0.00000169. The summed E-state index contributed by atoms with van der Waals surface area (Å²) in [6.45, 7) is 5.07. The molecule has 2 heterocycles. The molecule has 1 saturated heterocycles. The molecule has 1 fully saturated rings. The van der Waals surface area contributed by atoms with E-state index in [1.54, 1.807) is 0 Å². The minimum absolute atomic E-state index is 0. The Morgan fingerprint density at radius 2 is 2.12 bits per heavy atom. The fourth-order valence-electron chi connectivity index (χ4n) is 4.33. The van der Waals surface area contributed by atoms with Gasteiger partial charge in [-0.2, -0.15) is 0 Å². The van der Waals surface area contributed by atoms with Gasteiger partial charge >= 0.3 is 0 Å². The summed E-state index contributed by atoms with van der Waals surface area (Å²) >= 11 is 0. The van der Waals surface area contributed by atoms with Crippen LogP contribution in [-0.4, -0.2) is 49.1 Å². The number of nitrogens with zero attached hydrogens (tertiary/aromatic N) is 1. The highest BCUT2D eigenvalue weighted by atomic mass is 35.5. The minimum Gasteiger partial charge on any atom is -0.395 e. The number of nitrogens with one attached hydrogen (secondary N) is 1. The molecule has 1 aromatic carbocycles. The lowest BCUT2D eigenvalue weighted by atomic mass is 9.77. The number of benzene rings is 1. The summed E-state index contributed by atoms with van der Waals surface area (Å²) in [6.07, 6.45) is 6.19. The van der Waals surface area contributed by atoms with Gasteiger partial charge in [-0.25, -0.2) is 0 Å². The quantitative estimate of drug-likeness (QED) is 0.718. The number of aliphatic hydroxyl groups is 1. The number of fused-ring (bicyclic) bond motifs is 1. The molecule has 2 N–H and O–H groups in total. The highest BCUT2D eigenvalue weighted by molar-refractivity contribution is 5.85. The molecule has 3 rings (SSSR count). The molecule has 2 aliphatic rings. The number of aldehydes is 1. The lowest BCUT2D eigenvalue weighted by molar-refractivity contribution is -0.108. The molecule has 6 heteroatoms. The predicted molar refractivity (Wildman–Crippen MR) is 111 cm³/mol. The smallest absolute Gasteiger partial charge is 0.120 e. The van der Waals surface area contributed by atoms with Crippen molar-refractivity contribution < 1.29 is 9.90 Å². The average Bonchev–Trinajstić information content (AvgIpc) is 2.85. The van der Waals surface area contributed by atoms with E-state index in [0.717, 1.165) is 51.9 Å². The molecule has 4 nitrogen and oxygen atoms in total. The number of likely N-dealkylation sites (tertiary alicyclic amines) is 1. The van der Waals surface area contributed by atoms with Crippen LogP contribution in [0.25, 0.3) is 0 Å². The van der Waals surface area contributed by atoms with Gasteiger partial charge in [-0.1, -0.05) is 18.2 Å². The van der Waals surface area contributed by atoms with Crippen molar-refractivity contribution in [1.29, 1.82) is 0 Å². The third-order valence-corrected chi connectivity index (χ3v) is 5.69. The third-order valence-electron chi connectivity index (χ3n) is 5.69. The molecule has 26 heavy (non-hydrogen) atoms. The molecule has 0 radical (unpaired) electrons. The van der Waals surface area contributed by atoms with E-state index in [1.165, 1.54) is 29.5 Å². The molecule has 0 aromatic heterocycles. The van der Waals surface area contributed by atoms with Crippen molar-refractivity contribution >= 4 is 31.1 Å². The van der Waals surface area contributed by atoms with Crippen LogP contribution in [-0.2, 0) is 17.8 Å². The summed E-state index contributed by atoms with van der Waals surface area (Å²) < 4.78 is 0. The zero-order valence-corrected chi connectivity index (χ0v) is 17.0. The number of carbonyl (C=O) groups excluding carboxylic acids is 1. The number of halogens is 2. The van der Waals surface area contributed by atoms with Gasteiger partial charge in [-0.3, -0.25) is 0 Å². The molecule has 1 aromatic rings. The van der Waals surface area contributed by atoms with E-state index in [4.69, 9.17) is 0 Å². The summed E-state index contributed by atoms with van der Waals surface area (Å²) in [5, 5.41) is 12.8. The van der Waals surface area contributed by atoms with Crippen LogP contribution in [0.3, 0.4) is 0 Å². The molecule has 2 unspecified atom stereocenters. The largest absolute Gasteiger partial charge is 0.395 e. The van der Waals surface area contributed by atoms with Gasteiger partial charge in [0, 0.05) is 26.1 Å². The van der Waals surface area contributed by atoms with Gasteiger partial charge in [0.15, 0.2) is 0 Å². The standard InChI is InChI=1S/C20H30N2O2.2ClH/c23-11-2-4-17-7-9-22(10-12-24)15-20(17)18-6-5-16-3-1-8-21-14-19(16)13-18;;/h5-6,11,13,17,20-21,24H,1-4,7-10,12,14-15H2;2*1H. The van der Waals surface area contributed by atoms with Crippen molar-refractivity contribution in [2.45, 2.75) is 44.6 Å². The van der Waals surface area contributed by atoms with Crippen LogP contribution >= 0.6 is 24.8 Å². The van der Waals surface area contributed by atoms with Gasteiger partial charge in [-0.15, -0.1) is 24.8 Å². The molecule has 148 valence electrons. The first-order valence-corrected chi connectivity index (χ1v) is 9.41. The maximum atomic E-state index is 10.8. The second kappa shape index (κ2) is 11.9. The molecule has 0 bridgehead atoms. The second-order valence-corrected chi connectivity index (χ2v) is 7.23. The summed E-state index contributed by atoms with van der Waals surface area (Å²) in [4.78, 5) is 13.2. The van der Waals surface area contributed by atoms with Gasteiger partial charge in [0.2, 0.25) is 0 Å². The average molecular weight is 403 g/mol. The zero-order chi connectivity index (χ0) is 16.8. The number of carbonyl (C=O) groups is 1. The van der Waals surface area contributed by atoms with Crippen LogP contribution in [0.5, 0.6) is 0 Å². The third kappa shape index (κ3) is 5.93. The summed E-state index contributed by atoms with van der Waals surface area (Å²) in [5.74, 6) is 1.04. The van der Waals surface area contributed by atoms with E-state index in [9.17, 15) is 9.90 Å². The van der Waals surface area contributed by atoms with Crippen LogP contribution in [0, 0.1) is 5.92 Å². The minimum atomic E-state index is 0. The van der Waals surface area contributed by atoms with Gasteiger partial charge in [0.05, 0.1) is 6.61 Å². The number of hydrogen-bond donors (Lipinski definition) is 2. The molecule has 2 atom stereocenters. The van der Waals surface area contributed by atoms with E-state index in [-0.39, 0.29) is 31.4 Å².